The van der Waals surface area contributed by atoms with E-state index in [-0.39, 0.29) is 17.1 Å². The third-order valence-corrected chi connectivity index (χ3v) is 3.71. The number of aliphatic hydroxyl groups excluding tert-OH is 2. The van der Waals surface area contributed by atoms with Gasteiger partial charge in [-0.25, -0.2) is 4.98 Å². The highest BCUT2D eigenvalue weighted by atomic mass is 35.5. The van der Waals surface area contributed by atoms with Crippen LogP contribution in [0.1, 0.15) is 6.23 Å². The average molecular weight is 318 g/mol. The zero-order valence-electron chi connectivity index (χ0n) is 10.5. The van der Waals surface area contributed by atoms with Crippen LogP contribution in [0.3, 0.4) is 0 Å². The third kappa shape index (κ3) is 2.00. The largest absolute Gasteiger partial charge is 0.394 e. The summed E-state index contributed by atoms with van der Waals surface area (Å²) in [6, 6.07) is 0. The second-order valence-electron chi connectivity index (χ2n) is 4.66. The predicted molar refractivity (Wildman–Crippen MR) is 70.4 cm³/mol. The second-order valence-corrected chi connectivity index (χ2v) is 5.26. The van der Waals surface area contributed by atoms with E-state index in [4.69, 9.17) is 27.2 Å². The molecule has 1 saturated heterocycles. The van der Waals surface area contributed by atoms with Crippen LogP contribution in [0.2, 0.25) is 0 Å². The van der Waals surface area contributed by atoms with E-state index in [0.29, 0.717) is 0 Å². The maximum absolute atomic E-state index is 11.7. The fraction of sp³-hybridized carbons (Fsp3) is 0.500. The molecule has 114 valence electrons. The van der Waals surface area contributed by atoms with Crippen molar-refractivity contribution in [2.75, 3.05) is 12.3 Å². The van der Waals surface area contributed by atoms with Crippen LogP contribution in [0.25, 0.3) is 11.2 Å². The number of anilines is 1. The summed E-state index contributed by atoms with van der Waals surface area (Å²) >= 11 is 5.90. The number of aromatic amines is 1. The topological polar surface area (TPSA) is 160 Å². The lowest BCUT2D eigenvalue weighted by Crippen LogP contribution is -2.42. The Kier molecular flexibility index (Phi) is 3.15. The summed E-state index contributed by atoms with van der Waals surface area (Å²) in [6.45, 7) is -0.546. The molecule has 11 heteroatoms. The molecule has 6 N–H and O–H groups in total. The number of ether oxygens (including phenoxy) is 1. The molecule has 0 saturated carbocycles. The van der Waals surface area contributed by atoms with E-state index < -0.39 is 35.7 Å². The minimum atomic E-state index is -2.22. The van der Waals surface area contributed by atoms with E-state index in [0.717, 1.165) is 0 Å². The normalized spacial score (nSPS) is 32.9. The summed E-state index contributed by atoms with van der Waals surface area (Å²) in [5, 5.41) is 26.9. The number of alkyl halides is 1. The molecule has 1 aliphatic rings. The highest BCUT2D eigenvalue weighted by Gasteiger charge is 2.55. The number of nitrogens with two attached hydrogens (primary N) is 1. The van der Waals surface area contributed by atoms with Gasteiger partial charge < -0.3 is 25.8 Å². The number of fused-ring (bicyclic) bond motifs is 1. The number of hydrogen-bond acceptors (Lipinski definition) is 8. The van der Waals surface area contributed by atoms with Gasteiger partial charge in [-0.2, -0.15) is 4.98 Å². The number of aromatic nitrogens is 4. The van der Waals surface area contributed by atoms with Crippen molar-refractivity contribution in [3.63, 3.8) is 0 Å². The molecule has 21 heavy (non-hydrogen) atoms. The maximum Gasteiger partial charge on any atom is 0.280 e. The molecule has 2 aromatic heterocycles. The molecule has 1 fully saturated rings. The Morgan fingerprint density at radius 3 is 2.95 bits per heavy atom. The molecular weight excluding hydrogens is 306 g/mol. The van der Waals surface area contributed by atoms with Gasteiger partial charge >= 0.3 is 0 Å². The van der Waals surface area contributed by atoms with Crippen LogP contribution in [-0.4, -0.2) is 58.7 Å². The Morgan fingerprint density at radius 2 is 2.33 bits per heavy atom. The first-order valence-electron chi connectivity index (χ1n) is 5.94. The first-order chi connectivity index (χ1) is 9.86. The van der Waals surface area contributed by atoms with Crippen LogP contribution in [0, 0.1) is 0 Å². The molecule has 1 aliphatic heterocycles. The van der Waals surface area contributed by atoms with E-state index in [9.17, 15) is 15.0 Å². The van der Waals surface area contributed by atoms with Gasteiger partial charge in [0.25, 0.3) is 5.56 Å². The summed E-state index contributed by atoms with van der Waals surface area (Å²) < 4.78 is 6.49. The van der Waals surface area contributed by atoms with Gasteiger partial charge in [-0.05, 0) is 0 Å². The lowest BCUT2D eigenvalue weighted by Gasteiger charge is -2.24. The summed E-state index contributed by atoms with van der Waals surface area (Å²) in [5.74, 6) is -0.149. The lowest BCUT2D eigenvalue weighted by atomic mass is 10.1. The zero-order valence-corrected chi connectivity index (χ0v) is 11.2. The van der Waals surface area contributed by atoms with Crippen LogP contribution < -0.4 is 11.3 Å². The molecule has 3 heterocycles. The van der Waals surface area contributed by atoms with Crippen molar-refractivity contribution < 1.29 is 20.1 Å². The van der Waals surface area contributed by atoms with Crippen molar-refractivity contribution in [3.05, 3.63) is 16.7 Å². The first kappa shape index (κ1) is 14.2. The average Bonchev–Trinajstić information content (AvgIpc) is 2.91. The smallest absolute Gasteiger partial charge is 0.280 e. The SMILES string of the molecule is Nc1nc2c(ncn2[C@@H]2O[C@H](CO)[C@@H](O)[C@]2(O)Cl)c(=O)[nH]1. The van der Waals surface area contributed by atoms with Gasteiger partial charge in [0, 0.05) is 0 Å². The Balaban J connectivity index is 2.15. The number of H-pyrrole nitrogens is 1. The maximum atomic E-state index is 11.7. The highest BCUT2D eigenvalue weighted by Crippen LogP contribution is 2.42. The van der Waals surface area contributed by atoms with Crippen molar-refractivity contribution in [1.29, 1.82) is 0 Å². The van der Waals surface area contributed by atoms with Crippen molar-refractivity contribution >= 4 is 28.7 Å². The summed E-state index contributed by atoms with van der Waals surface area (Å²) in [5.41, 5.74) is 4.91. The monoisotopic (exact) mass is 317 g/mol. The van der Waals surface area contributed by atoms with E-state index >= 15 is 0 Å². The van der Waals surface area contributed by atoms with E-state index in [2.05, 4.69) is 15.0 Å². The molecule has 3 rings (SSSR count). The minimum absolute atomic E-state index is 0.0257. The molecular formula is C10H12ClN5O5. The Morgan fingerprint density at radius 1 is 1.62 bits per heavy atom. The Bertz CT molecular complexity index is 743. The van der Waals surface area contributed by atoms with Gasteiger partial charge in [-0.3, -0.25) is 14.3 Å². The van der Waals surface area contributed by atoms with Crippen molar-refractivity contribution in [1.82, 2.24) is 19.5 Å². The number of nitrogens with zero attached hydrogens (tertiary/aromatic N) is 3. The van der Waals surface area contributed by atoms with E-state index in [1.807, 2.05) is 0 Å². The number of imidazole rings is 1. The van der Waals surface area contributed by atoms with E-state index in [1.54, 1.807) is 0 Å². The zero-order chi connectivity index (χ0) is 15.4. The van der Waals surface area contributed by atoms with Gasteiger partial charge in [0.05, 0.1) is 12.9 Å². The third-order valence-electron chi connectivity index (χ3n) is 3.30. The summed E-state index contributed by atoms with van der Waals surface area (Å²) in [6.07, 6.45) is -2.75. The Hall–Kier alpha value is -1.72. The van der Waals surface area contributed by atoms with E-state index in [1.165, 1.54) is 10.9 Å². The van der Waals surface area contributed by atoms with Crippen LogP contribution in [-0.2, 0) is 4.74 Å². The molecule has 0 bridgehead atoms. The number of hydrogen-bond donors (Lipinski definition) is 5. The number of nitrogen functional groups attached to an aromatic ring is 1. The van der Waals surface area contributed by atoms with Gasteiger partial charge in [0.2, 0.25) is 11.0 Å². The molecule has 2 aromatic rings. The van der Waals surface area contributed by atoms with Crippen molar-refractivity contribution in [2.45, 2.75) is 23.5 Å². The molecule has 0 aliphatic carbocycles. The summed E-state index contributed by atoms with van der Waals surface area (Å²) in [7, 11) is 0. The molecule has 0 amide bonds. The molecule has 0 spiro atoms. The fourth-order valence-corrected chi connectivity index (χ4v) is 2.56. The molecule has 10 nitrogen and oxygen atoms in total. The van der Waals surface area contributed by atoms with Gasteiger partial charge in [0.1, 0.15) is 12.2 Å². The van der Waals surface area contributed by atoms with Crippen LogP contribution >= 0.6 is 11.6 Å². The van der Waals surface area contributed by atoms with Crippen molar-refractivity contribution in [2.24, 2.45) is 0 Å². The van der Waals surface area contributed by atoms with Crippen molar-refractivity contribution in [3.8, 4) is 0 Å². The number of nitrogens with one attached hydrogen (secondary N) is 1. The first-order valence-corrected chi connectivity index (χ1v) is 6.32. The standard InChI is InChI=1S/C10H12ClN5O5/c11-10(20)5(18)3(1-17)21-8(10)16-2-13-4-6(16)14-9(12)15-7(4)19/h2-3,5,8,17-18,20H,1H2,(H3,12,14,15,19)/t3-,5-,8-,10-/m1/s1. The predicted octanol–water partition coefficient (Wildman–Crippen LogP) is -2.12. The molecule has 4 atom stereocenters. The molecule has 0 unspecified atom stereocenters. The van der Waals surface area contributed by atoms with Crippen LogP contribution in [0.4, 0.5) is 5.95 Å². The van der Waals surface area contributed by atoms with Gasteiger partial charge in [0.15, 0.2) is 17.4 Å². The number of aliphatic hydroxyl groups is 3. The Labute approximate surface area is 121 Å². The lowest BCUT2D eigenvalue weighted by molar-refractivity contribution is -0.0612. The van der Waals surface area contributed by atoms with Crippen LogP contribution in [0.15, 0.2) is 11.1 Å². The summed E-state index contributed by atoms with van der Waals surface area (Å²) in [4.78, 5) is 21.7. The minimum Gasteiger partial charge on any atom is -0.394 e. The second kappa shape index (κ2) is 4.64. The highest BCUT2D eigenvalue weighted by molar-refractivity contribution is 6.23. The quantitative estimate of drug-likeness (QED) is 0.393. The number of halogens is 1. The molecule has 0 aromatic carbocycles. The number of rotatable bonds is 2. The van der Waals surface area contributed by atoms with Gasteiger partial charge in [-0.1, -0.05) is 11.6 Å². The molecule has 0 radical (unpaired) electrons. The van der Waals surface area contributed by atoms with Crippen LogP contribution in [0.5, 0.6) is 0 Å². The van der Waals surface area contributed by atoms with Gasteiger partial charge in [-0.15, -0.1) is 0 Å². The fourth-order valence-electron chi connectivity index (χ4n) is 2.26.